The highest BCUT2D eigenvalue weighted by Crippen LogP contribution is 2.35. The first-order valence-corrected chi connectivity index (χ1v) is 12.3. The molecule has 1 aliphatic rings. The van der Waals surface area contributed by atoms with Crippen LogP contribution in [0.2, 0.25) is 0 Å². The van der Waals surface area contributed by atoms with Crippen molar-refractivity contribution in [2.45, 2.75) is 47.9 Å². The fourth-order valence-electron chi connectivity index (χ4n) is 3.81. The molecule has 3 aromatic rings. The normalized spacial score (nSPS) is 15.4. The van der Waals surface area contributed by atoms with Gasteiger partial charge in [0.25, 0.3) is 5.91 Å². The molecule has 0 unspecified atom stereocenters. The highest BCUT2D eigenvalue weighted by atomic mass is 32.2. The van der Waals surface area contributed by atoms with E-state index in [1.54, 1.807) is 18.0 Å². The van der Waals surface area contributed by atoms with E-state index in [4.69, 9.17) is 0 Å². The van der Waals surface area contributed by atoms with Crippen LogP contribution in [0.4, 0.5) is 0 Å². The van der Waals surface area contributed by atoms with E-state index in [1.165, 1.54) is 22.5 Å². The molecule has 0 radical (unpaired) electrons. The summed E-state index contributed by atoms with van der Waals surface area (Å²) < 4.78 is 0.852. The molecule has 0 saturated carbocycles. The first-order chi connectivity index (χ1) is 15.0. The smallest absolute Gasteiger partial charge is 0.263 e. The Morgan fingerprint density at radius 2 is 1.97 bits per heavy atom. The molecule has 1 fully saturated rings. The largest absolute Gasteiger partial charge is 0.348 e. The van der Waals surface area contributed by atoms with Crippen LogP contribution in [-0.4, -0.2) is 47.0 Å². The number of carbonyl (C=O) groups excluding carboxylic acids is 1. The van der Waals surface area contributed by atoms with Crippen LogP contribution in [0.15, 0.2) is 58.2 Å². The molecule has 0 aliphatic carbocycles. The number of benzene rings is 1. The number of rotatable bonds is 6. The zero-order valence-corrected chi connectivity index (χ0v) is 19.8. The Kier molecular flexibility index (Phi) is 7.05. The molecule has 1 amide bonds. The fourth-order valence-corrected chi connectivity index (χ4v) is 5.69. The molecule has 1 N–H and O–H groups in total. The predicted molar refractivity (Wildman–Crippen MR) is 128 cm³/mol. The molecule has 0 spiro atoms. The Morgan fingerprint density at radius 3 is 2.74 bits per heavy atom. The zero-order chi connectivity index (χ0) is 21.8. The number of thiazole rings is 1. The second-order valence-electron chi connectivity index (χ2n) is 8.29. The van der Waals surface area contributed by atoms with E-state index in [2.05, 4.69) is 71.4 Å². The molecule has 31 heavy (non-hydrogen) atoms. The molecule has 7 heteroatoms. The van der Waals surface area contributed by atoms with Gasteiger partial charge in [0.15, 0.2) is 4.34 Å². The van der Waals surface area contributed by atoms with Crippen molar-refractivity contribution in [3.8, 4) is 11.1 Å². The molecule has 5 nitrogen and oxygen atoms in total. The maximum absolute atomic E-state index is 12.6. The Bertz CT molecular complexity index is 1040. The Balaban J connectivity index is 1.44. The number of carbonyl (C=O) groups is 1. The molecule has 2 aromatic heterocycles. The minimum Gasteiger partial charge on any atom is -0.348 e. The monoisotopic (exact) mass is 452 g/mol. The number of pyridine rings is 1. The van der Waals surface area contributed by atoms with Gasteiger partial charge in [0.1, 0.15) is 4.88 Å². The topological polar surface area (TPSA) is 58.1 Å². The number of nitrogens with zero attached hydrogens (tertiary/aromatic N) is 3. The van der Waals surface area contributed by atoms with Gasteiger partial charge in [-0.15, -0.1) is 11.3 Å². The van der Waals surface area contributed by atoms with Gasteiger partial charge in [0.2, 0.25) is 0 Å². The van der Waals surface area contributed by atoms with Crippen molar-refractivity contribution in [2.24, 2.45) is 0 Å². The number of likely N-dealkylation sites (tertiary alicyclic amines) is 1. The quantitative estimate of drug-likeness (QED) is 0.550. The summed E-state index contributed by atoms with van der Waals surface area (Å²) in [6.07, 6.45) is 7.44. The highest BCUT2D eigenvalue weighted by molar-refractivity contribution is 8.01. The molecular weight excluding hydrogens is 424 g/mol. The maximum atomic E-state index is 12.6. The van der Waals surface area contributed by atoms with Gasteiger partial charge in [-0.25, -0.2) is 4.98 Å². The van der Waals surface area contributed by atoms with Gasteiger partial charge >= 0.3 is 0 Å². The van der Waals surface area contributed by atoms with E-state index in [1.807, 2.05) is 12.4 Å². The molecule has 1 aromatic carbocycles. The van der Waals surface area contributed by atoms with Gasteiger partial charge in [-0.2, -0.15) is 0 Å². The number of aromatic nitrogens is 2. The van der Waals surface area contributed by atoms with Gasteiger partial charge < -0.3 is 10.2 Å². The van der Waals surface area contributed by atoms with Gasteiger partial charge in [-0.05, 0) is 56.1 Å². The lowest BCUT2D eigenvalue weighted by Crippen LogP contribution is -2.43. The summed E-state index contributed by atoms with van der Waals surface area (Å²) in [5.41, 5.74) is 3.63. The van der Waals surface area contributed by atoms with E-state index < -0.39 is 0 Å². The standard InChI is InChI=1S/C24H28N4OS2/c1-16(2)20-6-4-5-7-21(20)17-12-19(14-25-13-17)30-24-26-15-22(31-24)23(29)27-18-8-10-28(3)11-9-18/h4-7,12-16,18H,8-11H2,1-3H3,(H,27,29). The first kappa shape index (κ1) is 22.0. The molecule has 3 heterocycles. The number of amides is 1. The summed E-state index contributed by atoms with van der Waals surface area (Å²) in [5.74, 6) is 0.425. The van der Waals surface area contributed by atoms with Crippen molar-refractivity contribution in [1.82, 2.24) is 20.2 Å². The van der Waals surface area contributed by atoms with Crippen molar-refractivity contribution in [2.75, 3.05) is 20.1 Å². The van der Waals surface area contributed by atoms with Crippen LogP contribution < -0.4 is 5.32 Å². The number of hydrogen-bond acceptors (Lipinski definition) is 6. The summed E-state index contributed by atoms with van der Waals surface area (Å²) in [5, 5.41) is 3.16. The lowest BCUT2D eigenvalue weighted by atomic mass is 9.93. The van der Waals surface area contributed by atoms with Crippen LogP contribution >= 0.6 is 23.1 Å². The van der Waals surface area contributed by atoms with Crippen LogP contribution in [0.5, 0.6) is 0 Å². The SMILES string of the molecule is CC(C)c1ccccc1-c1cncc(Sc2ncc(C(=O)NC3CCN(C)CC3)s2)c1. The molecule has 0 bridgehead atoms. The van der Waals surface area contributed by atoms with Gasteiger partial charge in [0.05, 0.1) is 6.20 Å². The van der Waals surface area contributed by atoms with Crippen LogP contribution in [0.1, 0.15) is 47.8 Å². The van der Waals surface area contributed by atoms with Gasteiger partial charge in [-0.1, -0.05) is 49.9 Å². The van der Waals surface area contributed by atoms with Crippen LogP contribution in [0.3, 0.4) is 0 Å². The lowest BCUT2D eigenvalue weighted by Gasteiger charge is -2.29. The molecule has 1 saturated heterocycles. The average molecular weight is 453 g/mol. The van der Waals surface area contributed by atoms with E-state index in [9.17, 15) is 4.79 Å². The third-order valence-corrected chi connectivity index (χ3v) is 7.60. The Hall–Kier alpha value is -2.22. The van der Waals surface area contributed by atoms with E-state index in [-0.39, 0.29) is 11.9 Å². The van der Waals surface area contributed by atoms with E-state index >= 15 is 0 Å². The minimum atomic E-state index is -0.0170. The van der Waals surface area contributed by atoms with Crippen molar-refractivity contribution < 1.29 is 4.79 Å². The molecular formula is C24H28N4OS2. The van der Waals surface area contributed by atoms with Crippen LogP contribution in [0.25, 0.3) is 11.1 Å². The van der Waals surface area contributed by atoms with E-state index in [0.717, 1.165) is 40.7 Å². The van der Waals surface area contributed by atoms with Crippen molar-refractivity contribution in [3.05, 3.63) is 59.4 Å². The summed E-state index contributed by atoms with van der Waals surface area (Å²) in [4.78, 5) is 25.5. The third-order valence-electron chi connectivity index (χ3n) is 5.57. The second kappa shape index (κ2) is 9.94. The minimum absolute atomic E-state index is 0.0170. The average Bonchev–Trinajstić information content (AvgIpc) is 3.24. The van der Waals surface area contributed by atoms with Crippen molar-refractivity contribution in [3.63, 3.8) is 0 Å². The van der Waals surface area contributed by atoms with Gasteiger partial charge in [0, 0.05) is 28.9 Å². The Labute approximate surface area is 192 Å². The van der Waals surface area contributed by atoms with Gasteiger partial charge in [-0.3, -0.25) is 9.78 Å². The van der Waals surface area contributed by atoms with Crippen molar-refractivity contribution in [1.29, 1.82) is 0 Å². The molecule has 1 aliphatic heterocycles. The highest BCUT2D eigenvalue weighted by Gasteiger charge is 2.20. The fraction of sp³-hybridized carbons (Fsp3) is 0.375. The Morgan fingerprint density at radius 1 is 1.19 bits per heavy atom. The predicted octanol–water partition coefficient (Wildman–Crippen LogP) is 5.30. The molecule has 162 valence electrons. The summed E-state index contributed by atoms with van der Waals surface area (Å²) in [7, 11) is 2.12. The van der Waals surface area contributed by atoms with Crippen LogP contribution in [-0.2, 0) is 0 Å². The molecule has 0 atom stereocenters. The number of nitrogens with one attached hydrogen (secondary N) is 1. The number of piperidine rings is 1. The first-order valence-electron chi connectivity index (χ1n) is 10.7. The zero-order valence-electron chi connectivity index (χ0n) is 18.2. The summed E-state index contributed by atoms with van der Waals surface area (Å²) in [6.45, 7) is 6.47. The second-order valence-corrected chi connectivity index (χ2v) is 10.6. The number of hydrogen-bond donors (Lipinski definition) is 1. The third kappa shape index (κ3) is 5.53. The summed E-state index contributed by atoms with van der Waals surface area (Å²) >= 11 is 2.99. The van der Waals surface area contributed by atoms with Crippen molar-refractivity contribution >= 4 is 29.0 Å². The van der Waals surface area contributed by atoms with E-state index in [0.29, 0.717) is 10.8 Å². The van der Waals surface area contributed by atoms with Crippen LogP contribution in [0, 0.1) is 0 Å². The maximum Gasteiger partial charge on any atom is 0.263 e. The lowest BCUT2D eigenvalue weighted by molar-refractivity contribution is 0.0921. The molecule has 4 rings (SSSR count). The summed E-state index contributed by atoms with van der Waals surface area (Å²) in [6, 6.07) is 10.9.